The number of halogens is 1. The summed E-state index contributed by atoms with van der Waals surface area (Å²) in [5, 5.41) is 0. The van der Waals surface area contributed by atoms with Crippen molar-refractivity contribution in [2.24, 2.45) is 0 Å². The van der Waals surface area contributed by atoms with Crippen molar-refractivity contribution in [2.45, 2.75) is 13.8 Å². The molecule has 0 aromatic rings. The third-order valence-corrected chi connectivity index (χ3v) is 1.70. The molecular formula is C6H12BrNO2. The molecule has 0 amide bonds. The summed E-state index contributed by atoms with van der Waals surface area (Å²) in [6.45, 7) is 5.29. The average molecular weight is 210 g/mol. The zero-order valence-corrected chi connectivity index (χ0v) is 7.85. The molecule has 0 unspecified atom stereocenters. The van der Waals surface area contributed by atoms with Crippen LogP contribution < -0.4 is 0 Å². The van der Waals surface area contributed by atoms with Gasteiger partial charge in [0.05, 0.1) is 6.61 Å². The fourth-order valence-electron chi connectivity index (χ4n) is 0.459. The van der Waals surface area contributed by atoms with Crippen molar-refractivity contribution in [1.29, 1.82) is 0 Å². The molecule has 0 spiro atoms. The number of esters is 1. The van der Waals surface area contributed by atoms with Gasteiger partial charge in [0.2, 0.25) is 0 Å². The Kier molecular flexibility index (Phi) is 5.63. The SMILES string of the molecule is CCOC(=O)CN(Br)CC. The molecule has 0 heterocycles. The first-order valence-corrected chi connectivity index (χ1v) is 3.98. The van der Waals surface area contributed by atoms with Crippen molar-refractivity contribution in [3.05, 3.63) is 0 Å². The number of rotatable bonds is 4. The van der Waals surface area contributed by atoms with Crippen molar-refractivity contribution < 1.29 is 9.53 Å². The summed E-state index contributed by atoms with van der Waals surface area (Å²) in [4.78, 5) is 10.7. The topological polar surface area (TPSA) is 29.5 Å². The highest BCUT2D eigenvalue weighted by atomic mass is 79.9. The maximum atomic E-state index is 10.7. The van der Waals surface area contributed by atoms with Gasteiger partial charge >= 0.3 is 5.97 Å². The van der Waals surface area contributed by atoms with Crippen LogP contribution in [0.5, 0.6) is 0 Å². The number of hydrogen-bond donors (Lipinski definition) is 0. The Morgan fingerprint density at radius 3 is 2.60 bits per heavy atom. The summed E-state index contributed by atoms with van der Waals surface area (Å²) in [5.41, 5.74) is 0. The third-order valence-electron chi connectivity index (χ3n) is 0.949. The molecule has 0 aliphatic heterocycles. The van der Waals surface area contributed by atoms with Crippen LogP contribution in [-0.2, 0) is 9.53 Å². The maximum absolute atomic E-state index is 10.7. The van der Waals surface area contributed by atoms with Gasteiger partial charge < -0.3 is 4.74 Å². The zero-order chi connectivity index (χ0) is 7.98. The van der Waals surface area contributed by atoms with E-state index in [1.165, 1.54) is 0 Å². The average Bonchev–Trinajstić information content (AvgIpc) is 1.88. The van der Waals surface area contributed by atoms with E-state index in [2.05, 4.69) is 16.1 Å². The van der Waals surface area contributed by atoms with Crippen LogP contribution in [0, 0.1) is 0 Å². The Morgan fingerprint density at radius 1 is 1.60 bits per heavy atom. The smallest absolute Gasteiger partial charge is 0.321 e. The quantitative estimate of drug-likeness (QED) is 0.515. The molecule has 0 aliphatic rings. The lowest BCUT2D eigenvalue weighted by Gasteiger charge is -2.08. The van der Waals surface area contributed by atoms with Gasteiger partial charge in [-0.05, 0) is 6.92 Å². The largest absolute Gasteiger partial charge is 0.465 e. The van der Waals surface area contributed by atoms with E-state index in [0.717, 1.165) is 6.54 Å². The molecule has 60 valence electrons. The van der Waals surface area contributed by atoms with E-state index in [0.29, 0.717) is 13.2 Å². The van der Waals surface area contributed by atoms with Crippen LogP contribution in [-0.4, -0.2) is 29.6 Å². The summed E-state index contributed by atoms with van der Waals surface area (Å²) >= 11 is 3.18. The van der Waals surface area contributed by atoms with Crippen molar-refractivity contribution in [1.82, 2.24) is 3.93 Å². The van der Waals surface area contributed by atoms with Gasteiger partial charge in [0, 0.05) is 22.7 Å². The van der Waals surface area contributed by atoms with Gasteiger partial charge in [-0.2, -0.15) is 0 Å². The van der Waals surface area contributed by atoms with Gasteiger partial charge in [0.15, 0.2) is 0 Å². The highest BCUT2D eigenvalue weighted by Crippen LogP contribution is 1.95. The van der Waals surface area contributed by atoms with E-state index in [9.17, 15) is 4.79 Å². The lowest BCUT2D eigenvalue weighted by Crippen LogP contribution is -2.22. The number of likely N-dealkylation sites (N-methyl/N-ethyl adjacent to an activating group) is 1. The Morgan fingerprint density at radius 2 is 2.20 bits per heavy atom. The van der Waals surface area contributed by atoms with Gasteiger partial charge in [0.1, 0.15) is 6.54 Å². The van der Waals surface area contributed by atoms with Crippen LogP contribution in [0.1, 0.15) is 13.8 Å². The van der Waals surface area contributed by atoms with Crippen molar-refractivity contribution in [2.75, 3.05) is 19.7 Å². The monoisotopic (exact) mass is 209 g/mol. The number of ether oxygens (including phenoxy) is 1. The van der Waals surface area contributed by atoms with Crippen LogP contribution in [0.25, 0.3) is 0 Å². The van der Waals surface area contributed by atoms with Crippen LogP contribution in [0.2, 0.25) is 0 Å². The highest BCUT2D eigenvalue weighted by Gasteiger charge is 2.04. The summed E-state index contributed by atoms with van der Waals surface area (Å²) in [6, 6.07) is 0. The van der Waals surface area contributed by atoms with Crippen LogP contribution in [0.15, 0.2) is 0 Å². The minimum absolute atomic E-state index is 0.193. The Balaban J connectivity index is 3.37. The molecule has 0 rings (SSSR count). The van der Waals surface area contributed by atoms with E-state index >= 15 is 0 Å². The molecule has 0 fully saturated rings. The Labute approximate surface area is 69.7 Å². The molecule has 4 heteroatoms. The van der Waals surface area contributed by atoms with E-state index in [1.54, 1.807) is 10.8 Å². The van der Waals surface area contributed by atoms with Crippen LogP contribution >= 0.6 is 16.1 Å². The number of carbonyl (C=O) groups is 1. The molecule has 3 nitrogen and oxygen atoms in total. The number of carbonyl (C=O) groups excluding carboxylic acids is 1. The molecule has 0 atom stereocenters. The van der Waals surface area contributed by atoms with Crippen LogP contribution in [0.3, 0.4) is 0 Å². The van der Waals surface area contributed by atoms with Crippen molar-refractivity contribution >= 4 is 22.1 Å². The molecule has 0 saturated heterocycles. The molecule has 0 bridgehead atoms. The highest BCUT2D eigenvalue weighted by molar-refractivity contribution is 9.07. The Bertz CT molecular complexity index is 108. The normalized spacial score (nSPS) is 10.0. The summed E-state index contributed by atoms with van der Waals surface area (Å²) in [6.07, 6.45) is 0. The fraction of sp³-hybridized carbons (Fsp3) is 0.833. The summed E-state index contributed by atoms with van der Waals surface area (Å²) in [7, 11) is 0. The number of nitrogens with zero attached hydrogens (tertiary/aromatic N) is 1. The molecule has 10 heavy (non-hydrogen) atoms. The first-order valence-electron chi connectivity index (χ1n) is 3.27. The summed E-state index contributed by atoms with van der Waals surface area (Å²) in [5.74, 6) is -0.193. The first-order chi connectivity index (χ1) is 4.70. The second-order valence-electron chi connectivity index (χ2n) is 1.74. The third kappa shape index (κ3) is 4.76. The number of hydrogen-bond acceptors (Lipinski definition) is 3. The fourth-order valence-corrected chi connectivity index (χ4v) is 0.663. The standard InChI is InChI=1S/C6H12BrNO2/c1-3-8(7)5-6(9)10-4-2/h3-5H2,1-2H3. The lowest BCUT2D eigenvalue weighted by atomic mass is 10.6. The van der Waals surface area contributed by atoms with E-state index < -0.39 is 0 Å². The van der Waals surface area contributed by atoms with Crippen molar-refractivity contribution in [3.8, 4) is 0 Å². The Hall–Kier alpha value is -0.0900. The predicted octanol–water partition coefficient (Wildman–Crippen LogP) is 1.18. The summed E-state index contributed by atoms with van der Waals surface area (Å²) < 4.78 is 6.42. The van der Waals surface area contributed by atoms with E-state index in [1.807, 2.05) is 6.92 Å². The van der Waals surface area contributed by atoms with E-state index in [4.69, 9.17) is 4.74 Å². The minimum Gasteiger partial charge on any atom is -0.465 e. The first kappa shape index (κ1) is 9.91. The van der Waals surface area contributed by atoms with Gasteiger partial charge in [-0.3, -0.25) is 4.79 Å². The van der Waals surface area contributed by atoms with Crippen molar-refractivity contribution in [3.63, 3.8) is 0 Å². The molecule has 0 aliphatic carbocycles. The zero-order valence-electron chi connectivity index (χ0n) is 6.26. The van der Waals surface area contributed by atoms with Gasteiger partial charge in [-0.1, -0.05) is 6.92 Å². The molecule has 0 aromatic carbocycles. The molecule has 0 N–H and O–H groups in total. The second kappa shape index (κ2) is 5.68. The second-order valence-corrected chi connectivity index (χ2v) is 2.75. The lowest BCUT2D eigenvalue weighted by molar-refractivity contribution is -0.143. The molecular weight excluding hydrogens is 198 g/mol. The minimum atomic E-state index is -0.193. The van der Waals surface area contributed by atoms with Gasteiger partial charge in [-0.15, -0.1) is 0 Å². The maximum Gasteiger partial charge on any atom is 0.321 e. The van der Waals surface area contributed by atoms with E-state index in [-0.39, 0.29) is 5.97 Å². The molecule has 0 saturated carbocycles. The molecule has 0 aromatic heterocycles. The molecule has 0 radical (unpaired) electrons. The van der Waals surface area contributed by atoms with Crippen LogP contribution in [0.4, 0.5) is 0 Å². The van der Waals surface area contributed by atoms with Gasteiger partial charge in [0.25, 0.3) is 0 Å². The van der Waals surface area contributed by atoms with Gasteiger partial charge in [-0.25, -0.2) is 3.93 Å². The predicted molar refractivity (Wildman–Crippen MR) is 42.8 cm³/mol.